The van der Waals surface area contributed by atoms with Gasteiger partial charge in [-0.05, 0) is 52.7 Å². The molecule has 2 nitrogen and oxygen atoms in total. The van der Waals surface area contributed by atoms with E-state index in [1.54, 1.807) is 0 Å². The van der Waals surface area contributed by atoms with Gasteiger partial charge in [0.2, 0.25) is 0 Å². The van der Waals surface area contributed by atoms with Gasteiger partial charge in [-0.1, -0.05) is 6.92 Å². The van der Waals surface area contributed by atoms with Crippen molar-refractivity contribution in [2.45, 2.75) is 52.1 Å². The van der Waals surface area contributed by atoms with Crippen LogP contribution in [0.3, 0.4) is 0 Å². The molecule has 2 atom stereocenters. The van der Waals surface area contributed by atoms with Crippen LogP contribution in [0, 0.1) is 0 Å². The molecule has 1 aliphatic rings. The van der Waals surface area contributed by atoms with Crippen LogP contribution in [0.5, 0.6) is 0 Å². The number of rotatable bonds is 5. The second-order valence-electron chi connectivity index (χ2n) is 4.23. The van der Waals surface area contributed by atoms with Gasteiger partial charge in [0.25, 0.3) is 0 Å². The first-order valence-corrected chi connectivity index (χ1v) is 5.73. The summed E-state index contributed by atoms with van der Waals surface area (Å²) in [6.45, 7) is 10.6. The molecule has 1 N–H and O–H groups in total. The van der Waals surface area contributed by atoms with E-state index in [0.29, 0.717) is 12.1 Å². The summed E-state index contributed by atoms with van der Waals surface area (Å²) in [6.07, 6.45) is 4.02. The highest BCUT2D eigenvalue weighted by Crippen LogP contribution is 2.13. The molecule has 1 heterocycles. The monoisotopic (exact) mass is 184 g/mol. The van der Waals surface area contributed by atoms with E-state index >= 15 is 0 Å². The SMILES string of the molecule is CCCNC(C)C(C)N1CCCC1. The summed E-state index contributed by atoms with van der Waals surface area (Å²) in [7, 11) is 0. The van der Waals surface area contributed by atoms with Crippen molar-refractivity contribution in [1.29, 1.82) is 0 Å². The summed E-state index contributed by atoms with van der Waals surface area (Å²) in [4.78, 5) is 2.60. The van der Waals surface area contributed by atoms with E-state index in [2.05, 4.69) is 31.0 Å². The first-order chi connectivity index (χ1) is 6.25. The average Bonchev–Trinajstić information content (AvgIpc) is 2.65. The summed E-state index contributed by atoms with van der Waals surface area (Å²) in [5, 5.41) is 3.57. The van der Waals surface area contributed by atoms with Gasteiger partial charge in [-0.25, -0.2) is 0 Å². The molecule has 1 saturated heterocycles. The van der Waals surface area contributed by atoms with Crippen LogP contribution in [-0.2, 0) is 0 Å². The van der Waals surface area contributed by atoms with Crippen molar-refractivity contribution >= 4 is 0 Å². The average molecular weight is 184 g/mol. The Morgan fingerprint density at radius 3 is 2.38 bits per heavy atom. The van der Waals surface area contributed by atoms with Gasteiger partial charge < -0.3 is 5.32 Å². The zero-order valence-corrected chi connectivity index (χ0v) is 9.34. The lowest BCUT2D eigenvalue weighted by atomic mass is 10.1. The third kappa shape index (κ3) is 3.28. The van der Waals surface area contributed by atoms with E-state index < -0.39 is 0 Å². The summed E-state index contributed by atoms with van der Waals surface area (Å²) >= 11 is 0. The van der Waals surface area contributed by atoms with Gasteiger partial charge in [0.15, 0.2) is 0 Å². The van der Waals surface area contributed by atoms with E-state index in [1.165, 1.54) is 32.4 Å². The number of hydrogen-bond acceptors (Lipinski definition) is 2. The molecule has 0 aliphatic carbocycles. The van der Waals surface area contributed by atoms with E-state index in [4.69, 9.17) is 0 Å². The minimum atomic E-state index is 0.637. The number of hydrogen-bond donors (Lipinski definition) is 1. The summed E-state index contributed by atoms with van der Waals surface area (Å²) in [5.74, 6) is 0. The van der Waals surface area contributed by atoms with Crippen molar-refractivity contribution in [3.63, 3.8) is 0 Å². The first-order valence-electron chi connectivity index (χ1n) is 5.73. The van der Waals surface area contributed by atoms with Gasteiger partial charge in [-0.2, -0.15) is 0 Å². The minimum Gasteiger partial charge on any atom is -0.313 e. The molecule has 1 aliphatic heterocycles. The first kappa shape index (κ1) is 11.0. The molecule has 0 radical (unpaired) electrons. The van der Waals surface area contributed by atoms with E-state index in [-0.39, 0.29) is 0 Å². The maximum absolute atomic E-state index is 3.57. The van der Waals surface area contributed by atoms with Crippen LogP contribution in [-0.4, -0.2) is 36.6 Å². The van der Waals surface area contributed by atoms with Crippen LogP contribution < -0.4 is 5.32 Å². The maximum Gasteiger partial charge on any atom is 0.0218 e. The van der Waals surface area contributed by atoms with Crippen molar-refractivity contribution in [3.8, 4) is 0 Å². The Balaban J connectivity index is 2.23. The molecule has 0 aromatic rings. The summed E-state index contributed by atoms with van der Waals surface area (Å²) in [6, 6.07) is 1.34. The summed E-state index contributed by atoms with van der Waals surface area (Å²) in [5.41, 5.74) is 0. The topological polar surface area (TPSA) is 15.3 Å². The molecular weight excluding hydrogens is 160 g/mol. The van der Waals surface area contributed by atoms with Gasteiger partial charge in [-0.15, -0.1) is 0 Å². The van der Waals surface area contributed by atoms with Crippen molar-refractivity contribution in [3.05, 3.63) is 0 Å². The Morgan fingerprint density at radius 2 is 1.85 bits per heavy atom. The predicted molar refractivity (Wildman–Crippen MR) is 58.0 cm³/mol. The van der Waals surface area contributed by atoms with Crippen molar-refractivity contribution in [1.82, 2.24) is 10.2 Å². The third-order valence-corrected chi connectivity index (χ3v) is 3.16. The van der Waals surface area contributed by atoms with Crippen molar-refractivity contribution < 1.29 is 0 Å². The van der Waals surface area contributed by atoms with Gasteiger partial charge in [0.1, 0.15) is 0 Å². The van der Waals surface area contributed by atoms with Crippen LogP contribution in [0.15, 0.2) is 0 Å². The summed E-state index contributed by atoms with van der Waals surface area (Å²) < 4.78 is 0. The van der Waals surface area contributed by atoms with Crippen molar-refractivity contribution in [2.75, 3.05) is 19.6 Å². The Kier molecular flexibility index (Phi) is 4.74. The van der Waals surface area contributed by atoms with Gasteiger partial charge in [-0.3, -0.25) is 4.90 Å². The largest absolute Gasteiger partial charge is 0.313 e. The fourth-order valence-electron chi connectivity index (χ4n) is 2.01. The van der Waals surface area contributed by atoms with Gasteiger partial charge in [0, 0.05) is 12.1 Å². The lowest BCUT2D eigenvalue weighted by Gasteiger charge is -2.29. The highest BCUT2D eigenvalue weighted by atomic mass is 15.2. The molecule has 0 aromatic carbocycles. The van der Waals surface area contributed by atoms with Crippen LogP contribution in [0.4, 0.5) is 0 Å². The molecular formula is C11H24N2. The Bertz CT molecular complexity index is 130. The molecule has 0 saturated carbocycles. The second-order valence-corrected chi connectivity index (χ2v) is 4.23. The van der Waals surface area contributed by atoms with E-state index in [9.17, 15) is 0 Å². The van der Waals surface area contributed by atoms with Crippen molar-refractivity contribution in [2.24, 2.45) is 0 Å². The molecule has 0 aromatic heterocycles. The highest BCUT2D eigenvalue weighted by Gasteiger charge is 2.21. The molecule has 1 fully saturated rings. The predicted octanol–water partition coefficient (Wildman–Crippen LogP) is 1.86. The Labute approximate surface area is 82.7 Å². The number of nitrogens with one attached hydrogen (secondary N) is 1. The lowest BCUT2D eigenvalue weighted by Crippen LogP contribution is -2.45. The quantitative estimate of drug-likeness (QED) is 0.701. The van der Waals surface area contributed by atoms with E-state index in [0.717, 1.165) is 6.54 Å². The second kappa shape index (κ2) is 5.61. The lowest BCUT2D eigenvalue weighted by molar-refractivity contribution is 0.214. The zero-order valence-electron chi connectivity index (χ0n) is 9.34. The van der Waals surface area contributed by atoms with Crippen LogP contribution in [0.1, 0.15) is 40.0 Å². The Morgan fingerprint density at radius 1 is 1.23 bits per heavy atom. The number of likely N-dealkylation sites (tertiary alicyclic amines) is 1. The standard InChI is InChI=1S/C11H24N2/c1-4-7-12-10(2)11(3)13-8-5-6-9-13/h10-12H,4-9H2,1-3H3. The highest BCUT2D eigenvalue weighted by molar-refractivity contribution is 4.80. The normalized spacial score (nSPS) is 23.3. The number of nitrogens with zero attached hydrogens (tertiary/aromatic N) is 1. The molecule has 2 heteroatoms. The fraction of sp³-hybridized carbons (Fsp3) is 1.00. The Hall–Kier alpha value is -0.0800. The zero-order chi connectivity index (χ0) is 9.68. The molecule has 0 spiro atoms. The molecule has 0 bridgehead atoms. The molecule has 2 unspecified atom stereocenters. The molecule has 1 rings (SSSR count). The van der Waals surface area contributed by atoms with Crippen LogP contribution >= 0.6 is 0 Å². The molecule has 13 heavy (non-hydrogen) atoms. The van der Waals surface area contributed by atoms with E-state index in [1.807, 2.05) is 0 Å². The fourth-order valence-corrected chi connectivity index (χ4v) is 2.01. The van der Waals surface area contributed by atoms with Crippen LogP contribution in [0.25, 0.3) is 0 Å². The third-order valence-electron chi connectivity index (χ3n) is 3.16. The molecule has 0 amide bonds. The van der Waals surface area contributed by atoms with Crippen LogP contribution in [0.2, 0.25) is 0 Å². The van der Waals surface area contributed by atoms with Gasteiger partial charge in [0.05, 0.1) is 0 Å². The minimum absolute atomic E-state index is 0.637. The molecule has 78 valence electrons. The van der Waals surface area contributed by atoms with Gasteiger partial charge >= 0.3 is 0 Å². The maximum atomic E-state index is 3.57. The smallest absolute Gasteiger partial charge is 0.0218 e.